The van der Waals surface area contributed by atoms with Gasteiger partial charge >= 0.3 is 5.97 Å². The molecular formula is C32H48N4O5. The number of hydrogen-bond acceptors (Lipinski definition) is 4. The number of aromatic nitrogens is 1. The van der Waals surface area contributed by atoms with Gasteiger partial charge in [0.2, 0.25) is 17.7 Å². The molecule has 0 saturated carbocycles. The van der Waals surface area contributed by atoms with E-state index < -0.39 is 40.8 Å². The molecule has 1 aromatic heterocycles. The first kappa shape index (κ1) is 33.6. The molecule has 2 aromatic rings. The minimum Gasteiger partial charge on any atom is -0.478 e. The van der Waals surface area contributed by atoms with Gasteiger partial charge in [0.05, 0.1) is 6.04 Å². The van der Waals surface area contributed by atoms with Crippen molar-refractivity contribution in [2.24, 2.45) is 18.4 Å². The van der Waals surface area contributed by atoms with E-state index in [9.17, 15) is 24.3 Å². The quantitative estimate of drug-likeness (QED) is 0.414. The Bertz CT molecular complexity index is 1330. The van der Waals surface area contributed by atoms with E-state index in [4.69, 9.17) is 0 Å². The third-order valence-electron chi connectivity index (χ3n) is 8.04. The zero-order valence-electron chi connectivity index (χ0n) is 26.7. The predicted molar refractivity (Wildman–Crippen MR) is 162 cm³/mol. The van der Waals surface area contributed by atoms with Crippen LogP contribution in [0.15, 0.2) is 42.1 Å². The highest BCUT2D eigenvalue weighted by Crippen LogP contribution is 2.37. The van der Waals surface area contributed by atoms with Crippen LogP contribution >= 0.6 is 0 Å². The number of nitrogens with one attached hydrogen (secondary N) is 1. The summed E-state index contributed by atoms with van der Waals surface area (Å²) in [5.74, 6) is -2.19. The molecule has 0 aliphatic carbocycles. The summed E-state index contributed by atoms with van der Waals surface area (Å²) in [5.41, 5.74) is 0.546. The summed E-state index contributed by atoms with van der Waals surface area (Å²) in [5, 5.41) is 13.4. The number of rotatable bonds is 10. The van der Waals surface area contributed by atoms with Gasteiger partial charge in [0.1, 0.15) is 12.1 Å². The second-order valence-electron chi connectivity index (χ2n) is 13.1. The van der Waals surface area contributed by atoms with Crippen molar-refractivity contribution in [3.8, 4) is 0 Å². The Morgan fingerprint density at radius 3 is 2.02 bits per heavy atom. The van der Waals surface area contributed by atoms with E-state index in [1.807, 2.05) is 90.5 Å². The van der Waals surface area contributed by atoms with Crippen LogP contribution in [0.4, 0.5) is 0 Å². The minimum atomic E-state index is -1.05. The molecular weight excluding hydrogens is 520 g/mol. The molecule has 1 heterocycles. The number of carboxylic acids is 1. The molecule has 41 heavy (non-hydrogen) atoms. The number of benzene rings is 1. The molecule has 0 aliphatic rings. The van der Waals surface area contributed by atoms with Crippen LogP contribution in [0.2, 0.25) is 0 Å². The first-order valence-corrected chi connectivity index (χ1v) is 14.0. The Morgan fingerprint density at radius 2 is 1.54 bits per heavy atom. The highest BCUT2D eigenvalue weighted by molar-refractivity contribution is 5.95. The van der Waals surface area contributed by atoms with Gasteiger partial charge in [-0.3, -0.25) is 14.4 Å². The van der Waals surface area contributed by atoms with Gasteiger partial charge in [0.25, 0.3) is 0 Å². The van der Waals surface area contributed by atoms with Gasteiger partial charge < -0.3 is 24.8 Å². The molecule has 226 valence electrons. The molecule has 3 amide bonds. The van der Waals surface area contributed by atoms with Crippen LogP contribution in [0.3, 0.4) is 0 Å². The van der Waals surface area contributed by atoms with Crippen LogP contribution in [0.1, 0.15) is 67.9 Å². The fourth-order valence-corrected chi connectivity index (χ4v) is 5.47. The molecule has 3 atom stereocenters. The Labute approximate surface area is 244 Å². The number of para-hydroxylation sites is 1. The van der Waals surface area contributed by atoms with E-state index in [-0.39, 0.29) is 23.3 Å². The number of carbonyl (C=O) groups excluding carboxylic acids is 3. The smallest absolute Gasteiger partial charge is 0.331 e. The normalized spacial score (nSPS) is 14.9. The van der Waals surface area contributed by atoms with Gasteiger partial charge in [-0.25, -0.2) is 4.79 Å². The Hall–Kier alpha value is -3.62. The van der Waals surface area contributed by atoms with Crippen LogP contribution in [-0.4, -0.2) is 75.4 Å². The topological polar surface area (TPSA) is 112 Å². The molecule has 2 rings (SSSR count). The fraction of sp³-hybridized carbons (Fsp3) is 0.562. The number of fused-ring (bicyclic) bond motifs is 1. The molecule has 0 spiro atoms. The van der Waals surface area contributed by atoms with Crippen molar-refractivity contribution in [3.05, 3.63) is 47.7 Å². The van der Waals surface area contributed by atoms with Gasteiger partial charge in [-0.05, 0) is 29.9 Å². The van der Waals surface area contributed by atoms with Crippen molar-refractivity contribution in [2.75, 3.05) is 14.1 Å². The zero-order chi connectivity index (χ0) is 31.6. The van der Waals surface area contributed by atoms with Crippen molar-refractivity contribution in [2.45, 2.75) is 85.9 Å². The molecule has 9 nitrogen and oxygen atoms in total. The summed E-state index contributed by atoms with van der Waals surface area (Å²) >= 11 is 0. The first-order valence-electron chi connectivity index (χ1n) is 14.0. The standard InChI is InChI=1S/C32H48N4O5/c1-19(2)25(17-20(3)30(40)41)36(12)29(39)26(31(5,6)7)33-28(38)27(35(11)21(4)37)32(8,9)23-18-34(10)24-16-14-13-15-22(23)24/h13-19,25-27H,1-12H3,(H,33,38)(H,40,41)/t25-,26-,27-/m1/s1. The summed E-state index contributed by atoms with van der Waals surface area (Å²) in [7, 11) is 5.18. The van der Waals surface area contributed by atoms with Gasteiger partial charge in [0.15, 0.2) is 0 Å². The number of amides is 3. The lowest BCUT2D eigenvalue weighted by atomic mass is 9.75. The molecule has 2 N–H and O–H groups in total. The maximum absolute atomic E-state index is 14.2. The summed E-state index contributed by atoms with van der Waals surface area (Å²) < 4.78 is 2.00. The second-order valence-corrected chi connectivity index (χ2v) is 13.1. The molecule has 0 unspecified atom stereocenters. The molecule has 0 saturated heterocycles. The van der Waals surface area contributed by atoms with Crippen molar-refractivity contribution in [3.63, 3.8) is 0 Å². The lowest BCUT2D eigenvalue weighted by Crippen LogP contribution is -2.62. The summed E-state index contributed by atoms with van der Waals surface area (Å²) in [4.78, 5) is 55.4. The van der Waals surface area contributed by atoms with Crippen LogP contribution in [0, 0.1) is 11.3 Å². The van der Waals surface area contributed by atoms with E-state index in [1.54, 1.807) is 20.2 Å². The number of hydrogen-bond donors (Lipinski definition) is 2. The highest BCUT2D eigenvalue weighted by atomic mass is 16.4. The second kappa shape index (κ2) is 12.5. The Balaban J connectivity index is 2.58. The number of likely N-dealkylation sites (N-methyl/N-ethyl adjacent to an activating group) is 2. The van der Waals surface area contributed by atoms with Crippen LogP contribution in [0.25, 0.3) is 10.9 Å². The number of carboxylic acid groups (broad SMARTS) is 1. The predicted octanol–water partition coefficient (Wildman–Crippen LogP) is 4.35. The average Bonchev–Trinajstić information content (AvgIpc) is 3.21. The summed E-state index contributed by atoms with van der Waals surface area (Å²) in [6.45, 7) is 16.2. The number of nitrogens with zero attached hydrogens (tertiary/aromatic N) is 3. The van der Waals surface area contributed by atoms with E-state index in [0.717, 1.165) is 16.5 Å². The average molecular weight is 569 g/mol. The van der Waals surface area contributed by atoms with Gasteiger partial charge in [-0.1, -0.05) is 72.7 Å². The van der Waals surface area contributed by atoms with E-state index in [2.05, 4.69) is 5.32 Å². The summed E-state index contributed by atoms with van der Waals surface area (Å²) in [6, 6.07) is 5.55. The first-order chi connectivity index (χ1) is 18.7. The van der Waals surface area contributed by atoms with Crippen LogP contribution in [0.5, 0.6) is 0 Å². The van der Waals surface area contributed by atoms with E-state index >= 15 is 0 Å². The SMILES string of the molecule is CC(=O)N(C)[C@H](C(=O)N[C@H](C(=O)N(C)[C@H](C=C(C)C(=O)O)C(C)C)C(C)(C)C)C(C)(C)c1cn(C)c2ccccc12. The Morgan fingerprint density at radius 1 is 0.976 bits per heavy atom. The number of aryl methyl sites for hydroxylation is 1. The van der Waals surface area contributed by atoms with Crippen molar-refractivity contribution in [1.29, 1.82) is 0 Å². The maximum atomic E-state index is 14.2. The largest absolute Gasteiger partial charge is 0.478 e. The molecule has 0 fully saturated rings. The lowest BCUT2D eigenvalue weighted by Gasteiger charge is -2.42. The lowest BCUT2D eigenvalue weighted by molar-refractivity contribution is -0.144. The van der Waals surface area contributed by atoms with Crippen LogP contribution in [-0.2, 0) is 31.6 Å². The molecule has 0 aliphatic heterocycles. The third kappa shape index (κ3) is 7.18. The van der Waals surface area contributed by atoms with Crippen molar-refractivity contribution >= 4 is 34.6 Å². The summed E-state index contributed by atoms with van der Waals surface area (Å²) in [6.07, 6.45) is 3.56. The zero-order valence-corrected chi connectivity index (χ0v) is 26.7. The van der Waals surface area contributed by atoms with Crippen LogP contribution < -0.4 is 5.32 Å². The van der Waals surface area contributed by atoms with E-state index in [1.165, 1.54) is 23.6 Å². The van der Waals surface area contributed by atoms with Crippen molar-refractivity contribution < 1.29 is 24.3 Å². The molecule has 0 radical (unpaired) electrons. The van der Waals surface area contributed by atoms with Gasteiger partial charge in [-0.2, -0.15) is 0 Å². The van der Waals surface area contributed by atoms with Crippen molar-refractivity contribution in [1.82, 2.24) is 19.7 Å². The van der Waals surface area contributed by atoms with Gasteiger partial charge in [-0.15, -0.1) is 0 Å². The maximum Gasteiger partial charge on any atom is 0.331 e. The highest BCUT2D eigenvalue weighted by Gasteiger charge is 2.45. The monoisotopic (exact) mass is 568 g/mol. The number of aliphatic carboxylic acids is 1. The molecule has 1 aromatic carbocycles. The van der Waals surface area contributed by atoms with Gasteiger partial charge in [0, 0.05) is 56.2 Å². The molecule has 0 bridgehead atoms. The minimum absolute atomic E-state index is 0.0727. The fourth-order valence-electron chi connectivity index (χ4n) is 5.47. The molecule has 9 heteroatoms. The van der Waals surface area contributed by atoms with E-state index in [0.29, 0.717) is 0 Å². The number of carbonyl (C=O) groups is 4. The Kier molecular flexibility index (Phi) is 10.2. The third-order valence-corrected chi connectivity index (χ3v) is 8.04.